The lowest BCUT2D eigenvalue weighted by Crippen LogP contribution is -2.45. The lowest BCUT2D eigenvalue weighted by Gasteiger charge is -2.36. The van der Waals surface area contributed by atoms with Crippen molar-refractivity contribution in [2.45, 2.75) is 44.8 Å². The van der Waals surface area contributed by atoms with E-state index in [-0.39, 0.29) is 0 Å². The Bertz CT molecular complexity index is 401. The van der Waals surface area contributed by atoms with Crippen LogP contribution in [-0.2, 0) is 16.1 Å². The van der Waals surface area contributed by atoms with Crippen molar-refractivity contribution in [3.63, 3.8) is 0 Å². The number of benzene rings is 1. The molecule has 0 aromatic heterocycles. The Morgan fingerprint density at radius 1 is 1.44 bits per heavy atom. The molecule has 0 aliphatic heterocycles. The molecule has 1 aliphatic carbocycles. The summed E-state index contributed by atoms with van der Waals surface area (Å²) in [7, 11) is 0. The van der Waals surface area contributed by atoms with E-state index in [4.69, 9.17) is 4.74 Å². The predicted octanol–water partition coefficient (Wildman–Crippen LogP) is 3.24. The lowest BCUT2D eigenvalue weighted by molar-refractivity contribution is -0.175. The van der Waals surface area contributed by atoms with E-state index in [0.29, 0.717) is 25.4 Å². The van der Waals surface area contributed by atoms with Gasteiger partial charge in [-0.1, -0.05) is 43.7 Å². The maximum absolute atomic E-state index is 11.5. The molecule has 0 saturated heterocycles. The van der Waals surface area contributed by atoms with Crippen LogP contribution < -0.4 is 0 Å². The van der Waals surface area contributed by atoms with Crippen LogP contribution >= 0.6 is 0 Å². The Morgan fingerprint density at radius 3 is 2.78 bits per heavy atom. The van der Waals surface area contributed by atoms with Crippen LogP contribution in [0.15, 0.2) is 30.3 Å². The minimum absolute atomic E-state index is 0.375. The largest absolute Gasteiger partial charge is 0.479 e. The molecule has 0 heterocycles. The molecule has 0 amide bonds. The fourth-order valence-corrected chi connectivity index (χ4v) is 2.69. The lowest BCUT2D eigenvalue weighted by atomic mass is 9.78. The summed E-state index contributed by atoms with van der Waals surface area (Å²) in [5.41, 5.74) is 0.0457. The molecule has 0 bridgehead atoms. The van der Waals surface area contributed by atoms with Gasteiger partial charge < -0.3 is 9.84 Å². The van der Waals surface area contributed by atoms with Crippen LogP contribution in [0.5, 0.6) is 0 Å². The van der Waals surface area contributed by atoms with Gasteiger partial charge in [0.1, 0.15) is 0 Å². The van der Waals surface area contributed by atoms with Gasteiger partial charge in [-0.05, 0) is 30.7 Å². The zero-order valence-electron chi connectivity index (χ0n) is 10.8. The first-order valence-electron chi connectivity index (χ1n) is 6.54. The molecule has 1 saturated carbocycles. The van der Waals surface area contributed by atoms with Gasteiger partial charge in [0, 0.05) is 0 Å². The van der Waals surface area contributed by atoms with Crippen molar-refractivity contribution in [3.05, 3.63) is 35.9 Å². The average molecular weight is 248 g/mol. The molecule has 2 unspecified atom stereocenters. The van der Waals surface area contributed by atoms with Gasteiger partial charge in [-0.25, -0.2) is 4.79 Å². The Kier molecular flexibility index (Phi) is 4.02. The topological polar surface area (TPSA) is 46.5 Å². The van der Waals surface area contributed by atoms with E-state index >= 15 is 0 Å². The van der Waals surface area contributed by atoms with Gasteiger partial charge in [0.15, 0.2) is 5.60 Å². The fourth-order valence-electron chi connectivity index (χ4n) is 2.69. The highest BCUT2D eigenvalue weighted by Crippen LogP contribution is 2.36. The Labute approximate surface area is 108 Å². The van der Waals surface area contributed by atoms with Crippen molar-refractivity contribution < 1.29 is 14.6 Å². The molecule has 1 aromatic carbocycles. The molecule has 2 atom stereocenters. The monoisotopic (exact) mass is 248 g/mol. The van der Waals surface area contributed by atoms with Crippen molar-refractivity contribution >= 4 is 5.97 Å². The summed E-state index contributed by atoms with van der Waals surface area (Å²) in [6.45, 7) is 2.47. The summed E-state index contributed by atoms with van der Waals surface area (Å²) in [6, 6.07) is 9.74. The van der Waals surface area contributed by atoms with Gasteiger partial charge in [0.2, 0.25) is 0 Å². The second-order valence-corrected chi connectivity index (χ2v) is 5.28. The zero-order valence-corrected chi connectivity index (χ0v) is 10.8. The van der Waals surface area contributed by atoms with Crippen LogP contribution in [0.3, 0.4) is 0 Å². The van der Waals surface area contributed by atoms with Crippen LogP contribution in [0.1, 0.15) is 38.2 Å². The maximum atomic E-state index is 11.5. The van der Waals surface area contributed by atoms with Crippen molar-refractivity contribution in [2.75, 3.05) is 0 Å². The number of carbonyl (C=O) groups is 1. The number of carboxylic acids is 1. The number of hydrogen-bond donors (Lipinski definition) is 1. The molecule has 1 N–H and O–H groups in total. The van der Waals surface area contributed by atoms with E-state index in [2.05, 4.69) is 6.92 Å². The van der Waals surface area contributed by atoms with Crippen molar-refractivity contribution in [1.29, 1.82) is 0 Å². The number of ether oxygens (including phenoxy) is 1. The molecular formula is C15H20O3. The van der Waals surface area contributed by atoms with Gasteiger partial charge >= 0.3 is 5.97 Å². The summed E-state index contributed by atoms with van der Waals surface area (Å²) in [4.78, 5) is 11.5. The molecule has 0 radical (unpaired) electrons. The minimum Gasteiger partial charge on any atom is -0.479 e. The van der Waals surface area contributed by atoms with Crippen molar-refractivity contribution in [2.24, 2.45) is 5.92 Å². The Hall–Kier alpha value is -1.35. The van der Waals surface area contributed by atoms with E-state index in [1.807, 2.05) is 30.3 Å². The summed E-state index contributed by atoms with van der Waals surface area (Å²) in [5, 5.41) is 9.46. The molecule has 0 spiro atoms. The highest BCUT2D eigenvalue weighted by molar-refractivity contribution is 5.77. The molecule has 3 heteroatoms. The summed E-state index contributed by atoms with van der Waals surface area (Å²) in [5.74, 6) is -0.393. The van der Waals surface area contributed by atoms with E-state index in [1.165, 1.54) is 0 Å². The highest BCUT2D eigenvalue weighted by atomic mass is 16.5. The summed E-state index contributed by atoms with van der Waals surface area (Å²) >= 11 is 0. The van der Waals surface area contributed by atoms with Crippen LogP contribution in [0.2, 0.25) is 0 Å². The second-order valence-electron chi connectivity index (χ2n) is 5.28. The third-order valence-corrected chi connectivity index (χ3v) is 3.70. The first-order valence-corrected chi connectivity index (χ1v) is 6.54. The number of carboxylic acid groups (broad SMARTS) is 1. The molecular weight excluding hydrogens is 228 g/mol. The average Bonchev–Trinajstić information content (AvgIpc) is 2.37. The molecule has 1 fully saturated rings. The van der Waals surface area contributed by atoms with E-state index < -0.39 is 11.6 Å². The number of aliphatic carboxylic acids is 1. The smallest absolute Gasteiger partial charge is 0.335 e. The van der Waals surface area contributed by atoms with Gasteiger partial charge in [-0.15, -0.1) is 0 Å². The molecule has 98 valence electrons. The van der Waals surface area contributed by atoms with Gasteiger partial charge in [-0.3, -0.25) is 0 Å². The summed E-state index contributed by atoms with van der Waals surface area (Å²) in [6.07, 6.45) is 3.28. The minimum atomic E-state index is -0.979. The van der Waals surface area contributed by atoms with Crippen LogP contribution in [0, 0.1) is 5.92 Å². The standard InChI is InChI=1S/C15H20O3/c1-12-6-5-9-15(10-12,14(16)17)18-11-13-7-3-2-4-8-13/h2-4,7-8,12H,5-6,9-11H2,1H3,(H,16,17). The van der Waals surface area contributed by atoms with E-state index in [9.17, 15) is 9.90 Å². The van der Waals surface area contributed by atoms with Crippen LogP contribution in [0.4, 0.5) is 0 Å². The zero-order chi connectivity index (χ0) is 13.0. The first kappa shape index (κ1) is 13.1. The quantitative estimate of drug-likeness (QED) is 0.889. The van der Waals surface area contributed by atoms with Crippen molar-refractivity contribution in [3.8, 4) is 0 Å². The Morgan fingerprint density at radius 2 is 2.17 bits per heavy atom. The van der Waals surface area contributed by atoms with Gasteiger partial charge in [-0.2, -0.15) is 0 Å². The molecule has 18 heavy (non-hydrogen) atoms. The first-order chi connectivity index (χ1) is 8.62. The highest BCUT2D eigenvalue weighted by Gasteiger charge is 2.42. The summed E-state index contributed by atoms with van der Waals surface area (Å²) < 4.78 is 5.79. The van der Waals surface area contributed by atoms with E-state index in [0.717, 1.165) is 18.4 Å². The third kappa shape index (κ3) is 2.91. The number of rotatable bonds is 4. The third-order valence-electron chi connectivity index (χ3n) is 3.70. The predicted molar refractivity (Wildman–Crippen MR) is 69.2 cm³/mol. The van der Waals surface area contributed by atoms with Gasteiger partial charge in [0.25, 0.3) is 0 Å². The number of hydrogen-bond acceptors (Lipinski definition) is 2. The molecule has 1 aliphatic rings. The Balaban J connectivity index is 2.05. The van der Waals surface area contributed by atoms with Crippen LogP contribution in [0.25, 0.3) is 0 Å². The maximum Gasteiger partial charge on any atom is 0.335 e. The molecule has 2 rings (SSSR count). The van der Waals surface area contributed by atoms with Crippen molar-refractivity contribution in [1.82, 2.24) is 0 Å². The van der Waals surface area contributed by atoms with Crippen LogP contribution in [-0.4, -0.2) is 16.7 Å². The SMILES string of the molecule is CC1CCCC(OCc2ccccc2)(C(=O)O)C1. The molecule has 1 aromatic rings. The normalized spacial score (nSPS) is 27.9. The molecule has 3 nitrogen and oxygen atoms in total. The second kappa shape index (κ2) is 5.53. The van der Waals surface area contributed by atoms with Gasteiger partial charge in [0.05, 0.1) is 6.61 Å². The fraction of sp³-hybridized carbons (Fsp3) is 0.533. The van der Waals surface area contributed by atoms with E-state index in [1.54, 1.807) is 0 Å².